The average Bonchev–Trinajstić information content (AvgIpc) is 2.55. The number of ether oxygens (including phenoxy) is 1. The Hall–Kier alpha value is -3.02. The fourth-order valence-electron chi connectivity index (χ4n) is 1.66. The molecule has 6 heteroatoms. The highest BCUT2D eigenvalue weighted by Crippen LogP contribution is 2.12. The molecule has 2 aromatic carbocycles. The molecule has 0 bridgehead atoms. The van der Waals surface area contributed by atoms with Crippen LogP contribution in [0.3, 0.4) is 0 Å². The van der Waals surface area contributed by atoms with Gasteiger partial charge in [-0.15, -0.1) is 0 Å². The molecule has 0 aliphatic rings. The number of esters is 1. The molecule has 0 fully saturated rings. The van der Waals surface area contributed by atoms with Gasteiger partial charge >= 0.3 is 5.97 Å². The minimum absolute atomic E-state index is 0.0129. The van der Waals surface area contributed by atoms with Gasteiger partial charge in [0.15, 0.2) is 6.61 Å². The summed E-state index contributed by atoms with van der Waals surface area (Å²) in [6, 6.07) is 11.4. The topological polar surface area (TPSA) is 72.5 Å². The van der Waals surface area contributed by atoms with Crippen LogP contribution < -0.4 is 5.32 Å². The standard InChI is InChI=1S/C16H12FNO4/c17-13-3-1-2-4-14(13)18-15(20)10-22-16(21)12-7-5-11(9-19)6-8-12/h1-9H,10H2,(H,18,20). The van der Waals surface area contributed by atoms with E-state index < -0.39 is 24.3 Å². The number of anilines is 1. The van der Waals surface area contributed by atoms with Gasteiger partial charge in [-0.1, -0.05) is 24.3 Å². The third-order valence-corrected chi connectivity index (χ3v) is 2.76. The Balaban J connectivity index is 1.89. The van der Waals surface area contributed by atoms with Crippen LogP contribution in [0.1, 0.15) is 20.7 Å². The van der Waals surface area contributed by atoms with Gasteiger partial charge in [-0.25, -0.2) is 9.18 Å². The van der Waals surface area contributed by atoms with Crippen molar-refractivity contribution in [3.05, 3.63) is 65.5 Å². The zero-order chi connectivity index (χ0) is 15.9. The molecule has 112 valence electrons. The largest absolute Gasteiger partial charge is 0.452 e. The van der Waals surface area contributed by atoms with Gasteiger partial charge in [0, 0.05) is 5.56 Å². The molecular formula is C16H12FNO4. The molecule has 0 aromatic heterocycles. The van der Waals surface area contributed by atoms with Crippen molar-refractivity contribution in [2.45, 2.75) is 0 Å². The van der Waals surface area contributed by atoms with Gasteiger partial charge in [-0.3, -0.25) is 9.59 Å². The smallest absolute Gasteiger partial charge is 0.338 e. The van der Waals surface area contributed by atoms with Crippen LogP contribution in [0.2, 0.25) is 0 Å². The predicted molar refractivity (Wildman–Crippen MR) is 77.1 cm³/mol. The van der Waals surface area contributed by atoms with E-state index in [0.717, 1.165) is 0 Å². The number of rotatable bonds is 5. The van der Waals surface area contributed by atoms with Gasteiger partial charge in [0.05, 0.1) is 11.3 Å². The van der Waals surface area contributed by atoms with Crippen molar-refractivity contribution in [1.82, 2.24) is 0 Å². The Kier molecular flexibility index (Phi) is 4.98. The summed E-state index contributed by atoms with van der Waals surface area (Å²) in [7, 11) is 0. The Bertz CT molecular complexity index is 698. The molecule has 1 N–H and O–H groups in total. The fraction of sp³-hybridized carbons (Fsp3) is 0.0625. The summed E-state index contributed by atoms with van der Waals surface area (Å²) in [6.45, 7) is -0.539. The summed E-state index contributed by atoms with van der Waals surface area (Å²) in [5, 5.41) is 2.30. The maximum atomic E-state index is 13.3. The highest BCUT2D eigenvalue weighted by atomic mass is 19.1. The molecule has 0 aliphatic heterocycles. The summed E-state index contributed by atoms with van der Waals surface area (Å²) in [6.07, 6.45) is 0.650. The summed E-state index contributed by atoms with van der Waals surface area (Å²) in [4.78, 5) is 33.8. The van der Waals surface area contributed by atoms with Crippen LogP contribution in [0.15, 0.2) is 48.5 Å². The second kappa shape index (κ2) is 7.12. The number of halogens is 1. The van der Waals surface area contributed by atoms with Gasteiger partial charge in [0.25, 0.3) is 5.91 Å². The van der Waals surface area contributed by atoms with Crippen molar-refractivity contribution in [3.8, 4) is 0 Å². The number of amides is 1. The van der Waals surface area contributed by atoms with Crippen molar-refractivity contribution >= 4 is 23.9 Å². The van der Waals surface area contributed by atoms with E-state index in [1.54, 1.807) is 6.07 Å². The molecule has 0 saturated carbocycles. The number of aldehydes is 1. The lowest BCUT2D eigenvalue weighted by Gasteiger charge is -2.07. The number of benzene rings is 2. The second-order valence-electron chi connectivity index (χ2n) is 4.34. The van der Waals surface area contributed by atoms with E-state index in [1.165, 1.54) is 42.5 Å². The SMILES string of the molecule is O=Cc1ccc(C(=O)OCC(=O)Nc2ccccc2F)cc1. The van der Waals surface area contributed by atoms with Crippen LogP contribution in [-0.4, -0.2) is 24.8 Å². The first-order chi connectivity index (χ1) is 10.6. The van der Waals surface area contributed by atoms with Gasteiger partial charge in [-0.2, -0.15) is 0 Å². The molecular weight excluding hydrogens is 289 g/mol. The minimum atomic E-state index is -0.707. The first-order valence-corrected chi connectivity index (χ1v) is 6.37. The fourth-order valence-corrected chi connectivity index (χ4v) is 1.66. The Morgan fingerprint density at radius 1 is 1.09 bits per heavy atom. The van der Waals surface area contributed by atoms with Crippen LogP contribution in [0, 0.1) is 5.82 Å². The first kappa shape index (κ1) is 15.4. The molecule has 0 heterocycles. The number of nitrogens with one attached hydrogen (secondary N) is 1. The van der Waals surface area contributed by atoms with Gasteiger partial charge in [0.2, 0.25) is 0 Å². The molecule has 0 spiro atoms. The van der Waals surface area contributed by atoms with E-state index in [0.29, 0.717) is 11.8 Å². The number of hydrogen-bond donors (Lipinski definition) is 1. The van der Waals surface area contributed by atoms with Crippen molar-refractivity contribution in [2.75, 3.05) is 11.9 Å². The highest BCUT2D eigenvalue weighted by Gasteiger charge is 2.11. The normalized spacial score (nSPS) is 9.86. The molecule has 0 atom stereocenters. The number of carbonyl (C=O) groups excluding carboxylic acids is 3. The molecule has 0 aliphatic carbocycles. The zero-order valence-corrected chi connectivity index (χ0v) is 11.4. The lowest BCUT2D eigenvalue weighted by molar-refractivity contribution is -0.119. The molecule has 1 amide bonds. The lowest BCUT2D eigenvalue weighted by atomic mass is 10.1. The molecule has 0 unspecified atom stereocenters. The number of para-hydroxylation sites is 1. The van der Waals surface area contributed by atoms with Crippen molar-refractivity contribution < 1.29 is 23.5 Å². The van der Waals surface area contributed by atoms with Crippen LogP contribution in [0.5, 0.6) is 0 Å². The summed E-state index contributed by atoms with van der Waals surface area (Å²) in [5.41, 5.74) is 0.650. The monoisotopic (exact) mass is 301 g/mol. The quantitative estimate of drug-likeness (QED) is 0.680. The second-order valence-corrected chi connectivity index (χ2v) is 4.34. The Morgan fingerprint density at radius 2 is 1.77 bits per heavy atom. The third kappa shape index (κ3) is 3.99. The summed E-state index contributed by atoms with van der Waals surface area (Å²) in [5.74, 6) is -1.93. The van der Waals surface area contributed by atoms with Crippen molar-refractivity contribution in [3.63, 3.8) is 0 Å². The summed E-state index contributed by atoms with van der Waals surface area (Å²) < 4.78 is 18.1. The van der Waals surface area contributed by atoms with E-state index in [1.807, 2.05) is 0 Å². The average molecular weight is 301 g/mol. The molecule has 5 nitrogen and oxygen atoms in total. The molecule has 0 radical (unpaired) electrons. The van der Waals surface area contributed by atoms with Gasteiger partial charge < -0.3 is 10.1 Å². The first-order valence-electron chi connectivity index (χ1n) is 6.37. The number of carbonyl (C=O) groups is 3. The van der Waals surface area contributed by atoms with Crippen LogP contribution in [-0.2, 0) is 9.53 Å². The van der Waals surface area contributed by atoms with E-state index in [2.05, 4.69) is 5.32 Å². The van der Waals surface area contributed by atoms with E-state index in [-0.39, 0.29) is 11.3 Å². The Labute approximate surface area is 125 Å². The third-order valence-electron chi connectivity index (χ3n) is 2.76. The minimum Gasteiger partial charge on any atom is -0.452 e. The Morgan fingerprint density at radius 3 is 2.41 bits per heavy atom. The van der Waals surface area contributed by atoms with Gasteiger partial charge in [-0.05, 0) is 24.3 Å². The summed E-state index contributed by atoms with van der Waals surface area (Å²) >= 11 is 0. The maximum Gasteiger partial charge on any atom is 0.338 e. The van der Waals surface area contributed by atoms with Crippen LogP contribution in [0.25, 0.3) is 0 Å². The zero-order valence-electron chi connectivity index (χ0n) is 11.4. The highest BCUT2D eigenvalue weighted by molar-refractivity contribution is 5.95. The van der Waals surface area contributed by atoms with Crippen molar-refractivity contribution in [1.29, 1.82) is 0 Å². The van der Waals surface area contributed by atoms with Crippen LogP contribution in [0.4, 0.5) is 10.1 Å². The maximum absolute atomic E-state index is 13.3. The molecule has 2 aromatic rings. The van der Waals surface area contributed by atoms with Crippen molar-refractivity contribution in [2.24, 2.45) is 0 Å². The molecule has 0 saturated heterocycles. The molecule has 2 rings (SSSR count). The van der Waals surface area contributed by atoms with Gasteiger partial charge in [0.1, 0.15) is 12.1 Å². The van der Waals surface area contributed by atoms with E-state index >= 15 is 0 Å². The van der Waals surface area contributed by atoms with E-state index in [9.17, 15) is 18.8 Å². The lowest BCUT2D eigenvalue weighted by Crippen LogP contribution is -2.21. The van der Waals surface area contributed by atoms with Crippen LogP contribution >= 0.6 is 0 Å². The molecule has 22 heavy (non-hydrogen) atoms. The van der Waals surface area contributed by atoms with E-state index in [4.69, 9.17) is 4.74 Å². The predicted octanol–water partition coefficient (Wildman–Crippen LogP) is 2.43. The number of hydrogen-bond acceptors (Lipinski definition) is 4.